The average molecular weight is 377 g/mol. The standard InChI is InChI=1S/C22H27N5O/c1-3-27-21-12-9-18(15-20(21)23-24-27)22(28)25(2)16-17-7-10-19(11-8-17)26-13-5-4-6-14-26/h7-12,15H,3-6,13-14,16H2,1-2H3. The Morgan fingerprint density at radius 1 is 1.07 bits per heavy atom. The summed E-state index contributed by atoms with van der Waals surface area (Å²) in [6.45, 7) is 5.65. The van der Waals surface area contributed by atoms with Crippen LogP contribution < -0.4 is 4.90 Å². The van der Waals surface area contributed by atoms with Gasteiger partial charge in [-0.05, 0) is 62.1 Å². The fourth-order valence-corrected chi connectivity index (χ4v) is 3.87. The zero-order valence-electron chi connectivity index (χ0n) is 16.6. The molecule has 3 aromatic rings. The monoisotopic (exact) mass is 377 g/mol. The van der Waals surface area contributed by atoms with E-state index in [1.165, 1.54) is 24.9 Å². The Bertz CT molecular complexity index is 957. The number of aryl methyl sites for hydroxylation is 1. The van der Waals surface area contributed by atoms with Crippen LogP contribution in [0.15, 0.2) is 42.5 Å². The second-order valence-corrected chi connectivity index (χ2v) is 7.48. The second kappa shape index (κ2) is 8.00. The number of aromatic nitrogens is 3. The van der Waals surface area contributed by atoms with Crippen LogP contribution in [-0.2, 0) is 13.1 Å². The molecule has 0 atom stereocenters. The highest BCUT2D eigenvalue weighted by Gasteiger charge is 2.15. The fraction of sp³-hybridized carbons (Fsp3) is 0.409. The summed E-state index contributed by atoms with van der Waals surface area (Å²) in [5.74, 6) is -0.00643. The van der Waals surface area contributed by atoms with E-state index >= 15 is 0 Å². The molecule has 146 valence electrons. The van der Waals surface area contributed by atoms with Gasteiger partial charge in [-0.3, -0.25) is 4.79 Å². The third-order valence-electron chi connectivity index (χ3n) is 5.48. The predicted octanol–water partition coefficient (Wildman–Crippen LogP) is 3.71. The van der Waals surface area contributed by atoms with E-state index in [0.717, 1.165) is 36.2 Å². The molecular formula is C22H27N5O. The van der Waals surface area contributed by atoms with Crippen molar-refractivity contribution in [2.75, 3.05) is 25.0 Å². The number of nitrogens with zero attached hydrogens (tertiary/aromatic N) is 5. The molecule has 0 aliphatic carbocycles. The van der Waals surface area contributed by atoms with Crippen molar-refractivity contribution in [2.45, 2.75) is 39.3 Å². The molecule has 2 heterocycles. The van der Waals surface area contributed by atoms with Crippen LogP contribution in [0.3, 0.4) is 0 Å². The first-order chi connectivity index (χ1) is 13.7. The lowest BCUT2D eigenvalue weighted by Crippen LogP contribution is -2.29. The maximum atomic E-state index is 12.8. The normalized spacial score (nSPS) is 14.4. The molecule has 1 amide bonds. The number of hydrogen-bond acceptors (Lipinski definition) is 4. The highest BCUT2D eigenvalue weighted by molar-refractivity contribution is 5.97. The molecule has 0 bridgehead atoms. The minimum Gasteiger partial charge on any atom is -0.372 e. The summed E-state index contributed by atoms with van der Waals surface area (Å²) in [5, 5.41) is 8.28. The van der Waals surface area contributed by atoms with Crippen molar-refractivity contribution in [3.05, 3.63) is 53.6 Å². The Hall–Kier alpha value is -2.89. The smallest absolute Gasteiger partial charge is 0.253 e. The van der Waals surface area contributed by atoms with E-state index in [2.05, 4.69) is 39.5 Å². The molecule has 0 spiro atoms. The second-order valence-electron chi connectivity index (χ2n) is 7.48. The molecule has 1 aliphatic heterocycles. The molecule has 1 saturated heterocycles. The van der Waals surface area contributed by atoms with Crippen LogP contribution in [0, 0.1) is 0 Å². The number of amides is 1. The lowest BCUT2D eigenvalue weighted by Gasteiger charge is -2.29. The summed E-state index contributed by atoms with van der Waals surface area (Å²) in [6, 6.07) is 14.2. The van der Waals surface area contributed by atoms with Crippen LogP contribution in [-0.4, -0.2) is 45.9 Å². The number of anilines is 1. The molecule has 0 unspecified atom stereocenters. The van der Waals surface area contributed by atoms with Gasteiger partial charge in [0.15, 0.2) is 0 Å². The van der Waals surface area contributed by atoms with Crippen LogP contribution in [0.5, 0.6) is 0 Å². The van der Waals surface area contributed by atoms with E-state index in [0.29, 0.717) is 12.1 Å². The molecule has 6 nitrogen and oxygen atoms in total. The Balaban J connectivity index is 1.44. The van der Waals surface area contributed by atoms with Gasteiger partial charge in [-0.2, -0.15) is 0 Å². The molecule has 1 aliphatic rings. The van der Waals surface area contributed by atoms with Gasteiger partial charge in [0.25, 0.3) is 5.91 Å². The Morgan fingerprint density at radius 2 is 1.82 bits per heavy atom. The van der Waals surface area contributed by atoms with E-state index in [1.54, 1.807) is 4.90 Å². The summed E-state index contributed by atoms with van der Waals surface area (Å²) in [7, 11) is 1.84. The Morgan fingerprint density at radius 3 is 2.54 bits per heavy atom. The molecule has 1 aromatic heterocycles. The molecule has 2 aromatic carbocycles. The lowest BCUT2D eigenvalue weighted by molar-refractivity contribution is 0.0785. The van der Waals surface area contributed by atoms with Gasteiger partial charge in [0.1, 0.15) is 5.52 Å². The van der Waals surface area contributed by atoms with Crippen LogP contribution >= 0.6 is 0 Å². The van der Waals surface area contributed by atoms with Gasteiger partial charge < -0.3 is 9.80 Å². The van der Waals surface area contributed by atoms with Crippen molar-refractivity contribution in [1.29, 1.82) is 0 Å². The van der Waals surface area contributed by atoms with Crippen LogP contribution in [0.2, 0.25) is 0 Å². The molecular weight excluding hydrogens is 350 g/mol. The number of carbonyl (C=O) groups excluding carboxylic acids is 1. The molecule has 0 N–H and O–H groups in total. The zero-order valence-corrected chi connectivity index (χ0v) is 16.6. The highest BCUT2D eigenvalue weighted by Crippen LogP contribution is 2.21. The Kier molecular flexibility index (Phi) is 5.28. The van der Waals surface area contributed by atoms with Crippen molar-refractivity contribution in [3.8, 4) is 0 Å². The van der Waals surface area contributed by atoms with Gasteiger partial charge in [-0.15, -0.1) is 5.10 Å². The van der Waals surface area contributed by atoms with Gasteiger partial charge >= 0.3 is 0 Å². The number of hydrogen-bond donors (Lipinski definition) is 0. The molecule has 6 heteroatoms. The minimum atomic E-state index is -0.00643. The third kappa shape index (κ3) is 3.72. The average Bonchev–Trinajstić information content (AvgIpc) is 3.16. The number of fused-ring (bicyclic) bond motifs is 1. The van der Waals surface area contributed by atoms with Gasteiger partial charge in [0, 0.05) is 44.5 Å². The minimum absolute atomic E-state index is 0.00643. The largest absolute Gasteiger partial charge is 0.372 e. The molecule has 0 saturated carbocycles. The number of carbonyl (C=O) groups is 1. The van der Waals surface area contributed by atoms with Crippen molar-refractivity contribution in [2.24, 2.45) is 0 Å². The van der Waals surface area contributed by atoms with Gasteiger partial charge in [0.2, 0.25) is 0 Å². The number of benzene rings is 2. The molecule has 28 heavy (non-hydrogen) atoms. The van der Waals surface area contributed by atoms with Crippen molar-refractivity contribution < 1.29 is 4.79 Å². The summed E-state index contributed by atoms with van der Waals surface area (Å²) >= 11 is 0. The van der Waals surface area contributed by atoms with Crippen molar-refractivity contribution in [3.63, 3.8) is 0 Å². The molecule has 1 fully saturated rings. The topological polar surface area (TPSA) is 54.3 Å². The van der Waals surface area contributed by atoms with Crippen molar-refractivity contribution in [1.82, 2.24) is 19.9 Å². The van der Waals surface area contributed by atoms with E-state index in [9.17, 15) is 4.79 Å². The van der Waals surface area contributed by atoms with Crippen LogP contribution in [0.25, 0.3) is 11.0 Å². The van der Waals surface area contributed by atoms with E-state index in [4.69, 9.17) is 0 Å². The third-order valence-corrected chi connectivity index (χ3v) is 5.48. The van der Waals surface area contributed by atoms with Gasteiger partial charge in [0.05, 0.1) is 5.52 Å². The Labute approximate surface area is 165 Å². The van der Waals surface area contributed by atoms with E-state index < -0.39 is 0 Å². The molecule has 0 radical (unpaired) electrons. The summed E-state index contributed by atoms with van der Waals surface area (Å²) in [4.78, 5) is 17.0. The maximum Gasteiger partial charge on any atom is 0.253 e. The van der Waals surface area contributed by atoms with E-state index in [-0.39, 0.29) is 5.91 Å². The highest BCUT2D eigenvalue weighted by atomic mass is 16.2. The first-order valence-corrected chi connectivity index (χ1v) is 10.1. The lowest BCUT2D eigenvalue weighted by atomic mass is 10.1. The van der Waals surface area contributed by atoms with Gasteiger partial charge in [-0.25, -0.2) is 4.68 Å². The first-order valence-electron chi connectivity index (χ1n) is 10.1. The summed E-state index contributed by atoms with van der Waals surface area (Å²) in [6.07, 6.45) is 3.88. The predicted molar refractivity (Wildman–Crippen MR) is 112 cm³/mol. The van der Waals surface area contributed by atoms with Gasteiger partial charge in [-0.1, -0.05) is 17.3 Å². The fourth-order valence-electron chi connectivity index (χ4n) is 3.87. The van der Waals surface area contributed by atoms with Crippen molar-refractivity contribution >= 4 is 22.6 Å². The SMILES string of the molecule is CCn1nnc2cc(C(=O)N(C)Cc3ccc(N4CCCCC4)cc3)ccc21. The number of piperidine rings is 1. The summed E-state index contributed by atoms with van der Waals surface area (Å²) in [5.41, 5.74) is 4.77. The van der Waals surface area contributed by atoms with E-state index in [1.807, 2.05) is 36.9 Å². The molecule has 4 rings (SSSR count). The zero-order chi connectivity index (χ0) is 19.5. The quantitative estimate of drug-likeness (QED) is 0.680. The first kappa shape index (κ1) is 18.5. The maximum absolute atomic E-state index is 12.8. The van der Waals surface area contributed by atoms with Crippen LogP contribution in [0.4, 0.5) is 5.69 Å². The number of rotatable bonds is 5. The summed E-state index contributed by atoms with van der Waals surface area (Å²) < 4.78 is 1.83. The van der Waals surface area contributed by atoms with Crippen LogP contribution in [0.1, 0.15) is 42.1 Å².